The van der Waals surface area contributed by atoms with Gasteiger partial charge in [-0.15, -0.1) is 11.8 Å². The molecule has 2 saturated heterocycles. The van der Waals surface area contributed by atoms with E-state index in [0.717, 1.165) is 19.3 Å². The molecule has 6 nitrogen and oxygen atoms in total. The molecule has 0 aromatic rings. The molecule has 0 aromatic heterocycles. The van der Waals surface area contributed by atoms with Crippen LogP contribution in [0.3, 0.4) is 0 Å². The Morgan fingerprint density at radius 3 is 2.64 bits per heavy atom. The Labute approximate surface area is 158 Å². The molecule has 2 N–H and O–H groups in total. The molecule has 2 aliphatic rings. The first-order valence-corrected chi connectivity index (χ1v) is 10.2. The minimum Gasteiger partial charge on any atom is -0.480 e. The first-order valence-electron chi connectivity index (χ1n) is 8.81. The van der Waals surface area contributed by atoms with Gasteiger partial charge in [-0.1, -0.05) is 20.3 Å². The third-order valence-corrected chi connectivity index (χ3v) is 7.49. The molecule has 8 heteroatoms. The highest BCUT2D eigenvalue weighted by Crippen LogP contribution is 2.47. The zero-order valence-corrected chi connectivity index (χ0v) is 16.9. The molecular formula is C17H28N2O4S2. The number of hydrogen-bond donors (Lipinski definition) is 3. The number of carboxylic acids is 1. The second-order valence-corrected chi connectivity index (χ2v) is 9.87. The Bertz CT molecular complexity index is 555. The van der Waals surface area contributed by atoms with E-state index in [1.165, 1.54) is 16.7 Å². The lowest BCUT2D eigenvalue weighted by atomic mass is 10.0. The lowest BCUT2D eigenvalue weighted by Gasteiger charge is -2.31. The van der Waals surface area contributed by atoms with E-state index < -0.39 is 28.0 Å². The SMILES string of the molecule is CC[C@H](C)[C@H](S)C(=O)N[C@H]1CCC[C@H]2SC(C)(C)[C@@H](C(=O)O)N2C1=O. The van der Waals surface area contributed by atoms with E-state index >= 15 is 0 Å². The van der Waals surface area contributed by atoms with Crippen molar-refractivity contribution in [2.24, 2.45) is 5.92 Å². The highest BCUT2D eigenvalue weighted by atomic mass is 32.2. The fourth-order valence-corrected chi connectivity index (χ4v) is 5.48. The number of carboxylic acid groups (broad SMARTS) is 1. The number of thiol groups is 1. The van der Waals surface area contributed by atoms with Gasteiger partial charge in [0, 0.05) is 4.75 Å². The zero-order chi connectivity index (χ0) is 18.9. The van der Waals surface area contributed by atoms with Crippen molar-refractivity contribution in [1.82, 2.24) is 10.2 Å². The van der Waals surface area contributed by atoms with E-state index in [1.807, 2.05) is 27.7 Å². The molecule has 0 aliphatic carbocycles. The van der Waals surface area contributed by atoms with Crippen LogP contribution in [-0.2, 0) is 14.4 Å². The summed E-state index contributed by atoms with van der Waals surface area (Å²) in [5.74, 6) is -1.43. The van der Waals surface area contributed by atoms with E-state index in [0.29, 0.717) is 6.42 Å². The molecule has 25 heavy (non-hydrogen) atoms. The quantitative estimate of drug-likeness (QED) is 0.628. The molecule has 0 radical (unpaired) electrons. The van der Waals surface area contributed by atoms with Crippen molar-refractivity contribution in [3.05, 3.63) is 0 Å². The molecule has 2 fully saturated rings. The van der Waals surface area contributed by atoms with Gasteiger partial charge in [0.05, 0.1) is 10.6 Å². The van der Waals surface area contributed by atoms with Gasteiger partial charge < -0.3 is 15.3 Å². The fraction of sp³-hybridized carbons (Fsp3) is 0.824. The maximum Gasteiger partial charge on any atom is 0.327 e. The Morgan fingerprint density at radius 1 is 1.44 bits per heavy atom. The van der Waals surface area contributed by atoms with E-state index in [1.54, 1.807) is 0 Å². The van der Waals surface area contributed by atoms with Gasteiger partial charge in [-0.2, -0.15) is 12.6 Å². The molecule has 0 aromatic carbocycles. The maximum absolute atomic E-state index is 13.0. The van der Waals surface area contributed by atoms with Crippen LogP contribution in [0.1, 0.15) is 53.4 Å². The van der Waals surface area contributed by atoms with Crippen LogP contribution in [0.15, 0.2) is 0 Å². The van der Waals surface area contributed by atoms with Crippen LogP contribution in [0.4, 0.5) is 0 Å². The number of rotatable bonds is 5. The van der Waals surface area contributed by atoms with E-state index in [-0.39, 0.29) is 23.1 Å². The molecule has 0 unspecified atom stereocenters. The van der Waals surface area contributed by atoms with Crippen LogP contribution in [0.25, 0.3) is 0 Å². The second kappa shape index (κ2) is 7.78. The molecule has 0 saturated carbocycles. The fourth-order valence-electron chi connectivity index (χ4n) is 3.53. The minimum absolute atomic E-state index is 0.102. The van der Waals surface area contributed by atoms with Gasteiger partial charge in [-0.25, -0.2) is 4.79 Å². The largest absolute Gasteiger partial charge is 0.480 e. The average molecular weight is 389 g/mol. The number of carbonyl (C=O) groups is 3. The van der Waals surface area contributed by atoms with Crippen molar-refractivity contribution in [2.45, 2.75) is 80.8 Å². The van der Waals surface area contributed by atoms with Crippen LogP contribution in [0, 0.1) is 5.92 Å². The van der Waals surface area contributed by atoms with Crippen molar-refractivity contribution in [3.8, 4) is 0 Å². The summed E-state index contributed by atoms with van der Waals surface area (Å²) in [5, 5.41) is 11.8. The Kier molecular flexibility index (Phi) is 6.35. The third kappa shape index (κ3) is 4.10. The summed E-state index contributed by atoms with van der Waals surface area (Å²) in [6, 6.07) is -1.55. The Hall–Kier alpha value is -0.890. The van der Waals surface area contributed by atoms with Crippen LogP contribution >= 0.6 is 24.4 Å². The molecule has 2 rings (SSSR count). The van der Waals surface area contributed by atoms with Crippen LogP contribution < -0.4 is 5.32 Å². The van der Waals surface area contributed by atoms with Gasteiger partial charge in [0.25, 0.3) is 0 Å². The lowest BCUT2D eigenvalue weighted by molar-refractivity contribution is -0.151. The van der Waals surface area contributed by atoms with E-state index in [2.05, 4.69) is 17.9 Å². The smallest absolute Gasteiger partial charge is 0.327 e. The van der Waals surface area contributed by atoms with Gasteiger partial charge in [0.1, 0.15) is 12.1 Å². The molecule has 142 valence electrons. The number of carbonyl (C=O) groups excluding carboxylic acids is 2. The number of fused-ring (bicyclic) bond motifs is 1. The number of amides is 2. The molecule has 2 aliphatic heterocycles. The van der Waals surface area contributed by atoms with Crippen molar-refractivity contribution < 1.29 is 19.5 Å². The van der Waals surface area contributed by atoms with Crippen LogP contribution in [0.5, 0.6) is 0 Å². The van der Waals surface area contributed by atoms with E-state index in [4.69, 9.17) is 0 Å². The summed E-state index contributed by atoms with van der Waals surface area (Å²) in [5.41, 5.74) is 0. The predicted molar refractivity (Wildman–Crippen MR) is 102 cm³/mol. The number of thioether (sulfide) groups is 1. The van der Waals surface area contributed by atoms with Gasteiger partial charge in [-0.05, 0) is 39.0 Å². The first-order chi connectivity index (χ1) is 11.6. The first kappa shape index (κ1) is 20.4. The summed E-state index contributed by atoms with van der Waals surface area (Å²) >= 11 is 5.91. The summed E-state index contributed by atoms with van der Waals surface area (Å²) in [4.78, 5) is 38.7. The summed E-state index contributed by atoms with van der Waals surface area (Å²) in [6.07, 6.45) is 2.87. The molecule has 5 atom stereocenters. The number of hydrogen-bond acceptors (Lipinski definition) is 5. The topological polar surface area (TPSA) is 86.7 Å². The maximum atomic E-state index is 13.0. The summed E-state index contributed by atoms with van der Waals surface area (Å²) < 4.78 is -0.555. The Morgan fingerprint density at radius 2 is 2.08 bits per heavy atom. The second-order valence-electron chi connectivity index (χ2n) is 7.48. The van der Waals surface area contributed by atoms with Gasteiger partial charge in [0.15, 0.2) is 0 Å². The van der Waals surface area contributed by atoms with Crippen LogP contribution in [-0.4, -0.2) is 55.2 Å². The molecule has 0 spiro atoms. The predicted octanol–water partition coefficient (Wildman–Crippen LogP) is 2.13. The standard InChI is InChI=1S/C17H28N2O4S2/c1-5-9(2)12(24)14(20)18-10-7-6-8-11-19(15(10)21)13(16(22)23)17(3,4)25-11/h9-13,24H,5-8H2,1-4H3,(H,18,20)(H,22,23)/t9-,10-,11+,12-,13+/m0/s1. The molecular weight excluding hydrogens is 360 g/mol. The van der Waals surface area contributed by atoms with E-state index in [9.17, 15) is 19.5 Å². The van der Waals surface area contributed by atoms with Gasteiger partial charge >= 0.3 is 5.97 Å². The molecule has 0 bridgehead atoms. The normalized spacial score (nSPS) is 31.0. The number of aliphatic carboxylic acids is 1. The molecule has 2 amide bonds. The van der Waals surface area contributed by atoms with Gasteiger partial charge in [-0.3, -0.25) is 9.59 Å². The number of nitrogens with one attached hydrogen (secondary N) is 1. The monoisotopic (exact) mass is 388 g/mol. The highest BCUT2D eigenvalue weighted by Gasteiger charge is 2.54. The lowest BCUT2D eigenvalue weighted by Crippen LogP contribution is -2.56. The van der Waals surface area contributed by atoms with Crippen molar-refractivity contribution in [2.75, 3.05) is 0 Å². The van der Waals surface area contributed by atoms with Crippen molar-refractivity contribution in [3.63, 3.8) is 0 Å². The van der Waals surface area contributed by atoms with Crippen molar-refractivity contribution >= 4 is 42.2 Å². The Balaban J connectivity index is 2.19. The zero-order valence-electron chi connectivity index (χ0n) is 15.2. The minimum atomic E-state index is -0.994. The third-order valence-electron chi connectivity index (χ3n) is 5.19. The number of nitrogens with zero attached hydrogens (tertiary/aromatic N) is 1. The average Bonchev–Trinajstić information content (AvgIpc) is 2.73. The summed E-state index contributed by atoms with van der Waals surface area (Å²) in [6.45, 7) is 7.66. The van der Waals surface area contributed by atoms with Crippen LogP contribution in [0.2, 0.25) is 0 Å². The summed E-state index contributed by atoms with van der Waals surface area (Å²) in [7, 11) is 0. The molecule has 2 heterocycles. The van der Waals surface area contributed by atoms with Gasteiger partial charge in [0.2, 0.25) is 11.8 Å². The van der Waals surface area contributed by atoms with Crippen molar-refractivity contribution in [1.29, 1.82) is 0 Å². The highest BCUT2D eigenvalue weighted by molar-refractivity contribution is 8.01.